The van der Waals surface area contributed by atoms with Gasteiger partial charge in [-0.3, -0.25) is 9.89 Å². The van der Waals surface area contributed by atoms with Gasteiger partial charge in [-0.15, -0.1) is 5.10 Å². The molecular formula is C11H9N5O. The van der Waals surface area contributed by atoms with Gasteiger partial charge in [0.15, 0.2) is 5.82 Å². The molecule has 2 heterocycles. The quantitative estimate of drug-likeness (QED) is 0.649. The molecular weight excluding hydrogens is 218 g/mol. The van der Waals surface area contributed by atoms with E-state index >= 15 is 0 Å². The second kappa shape index (κ2) is 3.51. The molecule has 6 heteroatoms. The smallest absolute Gasteiger partial charge is 0.269 e. The Morgan fingerprint density at radius 2 is 2.18 bits per heavy atom. The zero-order chi connectivity index (χ0) is 11.8. The molecule has 2 N–H and O–H groups in total. The van der Waals surface area contributed by atoms with Gasteiger partial charge in [-0.2, -0.15) is 10.2 Å². The lowest BCUT2D eigenvalue weighted by molar-refractivity contribution is 0.955. The molecule has 0 bridgehead atoms. The van der Waals surface area contributed by atoms with Crippen LogP contribution in [0.25, 0.3) is 22.3 Å². The van der Waals surface area contributed by atoms with Crippen LogP contribution in [-0.2, 0) is 0 Å². The fourth-order valence-electron chi connectivity index (χ4n) is 1.73. The van der Waals surface area contributed by atoms with E-state index in [9.17, 15) is 4.79 Å². The highest BCUT2D eigenvalue weighted by Crippen LogP contribution is 2.21. The Kier molecular flexibility index (Phi) is 2.01. The zero-order valence-electron chi connectivity index (χ0n) is 9.06. The van der Waals surface area contributed by atoms with Crippen molar-refractivity contribution >= 4 is 10.9 Å². The lowest BCUT2D eigenvalue weighted by Gasteiger charge is -1.99. The molecule has 0 saturated carbocycles. The van der Waals surface area contributed by atoms with Crippen LogP contribution >= 0.6 is 0 Å². The normalized spacial score (nSPS) is 10.9. The van der Waals surface area contributed by atoms with Crippen LogP contribution < -0.4 is 5.56 Å². The Labute approximate surface area is 95.7 Å². The zero-order valence-corrected chi connectivity index (χ0v) is 9.06. The number of aromatic amines is 2. The molecule has 0 aliphatic rings. The number of aryl methyl sites for hydroxylation is 1. The van der Waals surface area contributed by atoms with E-state index in [4.69, 9.17) is 0 Å². The Bertz CT molecular complexity index is 743. The molecule has 0 aliphatic heterocycles. The summed E-state index contributed by atoms with van der Waals surface area (Å²) in [5.74, 6) is 0.458. The second-order valence-electron chi connectivity index (χ2n) is 3.76. The first-order chi connectivity index (χ1) is 8.24. The molecule has 3 rings (SSSR count). The molecule has 0 aliphatic carbocycles. The molecule has 0 fully saturated rings. The van der Waals surface area contributed by atoms with E-state index in [2.05, 4.69) is 25.4 Å². The van der Waals surface area contributed by atoms with E-state index in [0.717, 1.165) is 28.4 Å². The molecule has 1 aromatic carbocycles. The van der Waals surface area contributed by atoms with Crippen molar-refractivity contribution in [3.8, 4) is 11.4 Å². The van der Waals surface area contributed by atoms with Crippen LogP contribution in [0.3, 0.4) is 0 Å². The minimum Gasteiger partial charge on any atom is -0.304 e. The number of nitrogens with one attached hydrogen (secondary N) is 2. The van der Waals surface area contributed by atoms with Crippen LogP contribution in [0.15, 0.2) is 29.2 Å². The maximum Gasteiger partial charge on any atom is 0.269 e. The minimum atomic E-state index is -0.265. The van der Waals surface area contributed by atoms with Crippen molar-refractivity contribution in [1.29, 1.82) is 0 Å². The largest absolute Gasteiger partial charge is 0.304 e. The first-order valence-electron chi connectivity index (χ1n) is 5.11. The third kappa shape index (κ3) is 1.59. The number of benzene rings is 1. The maximum atomic E-state index is 11.2. The summed E-state index contributed by atoms with van der Waals surface area (Å²) in [6.45, 7) is 1.94. The SMILES string of the molecule is Cc1[nH]nc2ccc(-c3nncc(=O)[nH]3)cc12. The molecule has 6 nitrogen and oxygen atoms in total. The standard InChI is InChI=1S/C11H9N5O/c1-6-8-4-7(2-3-9(8)15-14-6)11-13-10(17)5-12-16-11/h2-5H,1H3,(H,14,15)(H,13,16,17). The van der Waals surface area contributed by atoms with Crippen LogP contribution in [0.5, 0.6) is 0 Å². The lowest BCUT2D eigenvalue weighted by Crippen LogP contribution is -2.08. The summed E-state index contributed by atoms with van der Waals surface area (Å²) in [6, 6.07) is 5.65. The van der Waals surface area contributed by atoms with Gasteiger partial charge in [0.25, 0.3) is 5.56 Å². The predicted octanol–water partition coefficient (Wildman–Crippen LogP) is 1.02. The highest BCUT2D eigenvalue weighted by atomic mass is 16.1. The number of hydrogen-bond acceptors (Lipinski definition) is 4. The van der Waals surface area contributed by atoms with Crippen LogP contribution in [0.2, 0.25) is 0 Å². The molecule has 0 spiro atoms. The van der Waals surface area contributed by atoms with Crippen molar-refractivity contribution in [2.45, 2.75) is 6.92 Å². The summed E-state index contributed by atoms with van der Waals surface area (Å²) in [5, 5.41) is 15.6. The molecule has 0 unspecified atom stereocenters. The molecule has 0 atom stereocenters. The van der Waals surface area contributed by atoms with Crippen LogP contribution in [0, 0.1) is 6.92 Å². The lowest BCUT2D eigenvalue weighted by atomic mass is 10.1. The molecule has 3 aromatic rings. The van der Waals surface area contributed by atoms with Crippen LogP contribution in [-0.4, -0.2) is 25.4 Å². The highest BCUT2D eigenvalue weighted by molar-refractivity contribution is 5.85. The Hall–Kier alpha value is -2.50. The molecule has 17 heavy (non-hydrogen) atoms. The van der Waals surface area contributed by atoms with Gasteiger partial charge in [-0.25, -0.2) is 0 Å². The van der Waals surface area contributed by atoms with E-state index in [1.807, 2.05) is 25.1 Å². The highest BCUT2D eigenvalue weighted by Gasteiger charge is 2.05. The predicted molar refractivity (Wildman–Crippen MR) is 62.5 cm³/mol. The Balaban J connectivity index is 2.24. The average Bonchev–Trinajstić information content (AvgIpc) is 2.71. The van der Waals surface area contributed by atoms with Gasteiger partial charge in [-0.1, -0.05) is 0 Å². The van der Waals surface area contributed by atoms with E-state index in [1.165, 1.54) is 0 Å². The van der Waals surface area contributed by atoms with E-state index in [0.29, 0.717) is 5.82 Å². The van der Waals surface area contributed by atoms with Crippen molar-refractivity contribution in [3.63, 3.8) is 0 Å². The van der Waals surface area contributed by atoms with Crippen molar-refractivity contribution in [3.05, 3.63) is 40.4 Å². The monoisotopic (exact) mass is 227 g/mol. The Morgan fingerprint density at radius 3 is 3.00 bits per heavy atom. The second-order valence-corrected chi connectivity index (χ2v) is 3.76. The summed E-state index contributed by atoms with van der Waals surface area (Å²) in [6.07, 6.45) is 1.14. The summed E-state index contributed by atoms with van der Waals surface area (Å²) in [5.41, 5.74) is 2.41. The van der Waals surface area contributed by atoms with E-state index in [-0.39, 0.29) is 5.56 Å². The minimum absolute atomic E-state index is 0.265. The molecule has 2 aromatic heterocycles. The third-order valence-corrected chi connectivity index (χ3v) is 2.59. The van der Waals surface area contributed by atoms with Gasteiger partial charge in [-0.05, 0) is 25.1 Å². The van der Waals surface area contributed by atoms with Crippen molar-refractivity contribution in [1.82, 2.24) is 25.4 Å². The molecule has 0 radical (unpaired) electrons. The molecule has 84 valence electrons. The van der Waals surface area contributed by atoms with E-state index in [1.54, 1.807) is 0 Å². The topological polar surface area (TPSA) is 87.3 Å². The third-order valence-electron chi connectivity index (χ3n) is 2.59. The number of fused-ring (bicyclic) bond motifs is 1. The van der Waals surface area contributed by atoms with Crippen LogP contribution in [0.1, 0.15) is 5.69 Å². The van der Waals surface area contributed by atoms with Crippen molar-refractivity contribution in [2.75, 3.05) is 0 Å². The first kappa shape index (κ1) is 9.71. The van der Waals surface area contributed by atoms with Gasteiger partial charge in [0.05, 0.1) is 5.52 Å². The maximum absolute atomic E-state index is 11.2. The van der Waals surface area contributed by atoms with Crippen molar-refractivity contribution in [2.24, 2.45) is 0 Å². The fraction of sp³-hybridized carbons (Fsp3) is 0.0909. The van der Waals surface area contributed by atoms with E-state index < -0.39 is 0 Å². The van der Waals surface area contributed by atoms with Gasteiger partial charge >= 0.3 is 0 Å². The number of aromatic nitrogens is 5. The first-order valence-corrected chi connectivity index (χ1v) is 5.11. The Morgan fingerprint density at radius 1 is 1.29 bits per heavy atom. The number of rotatable bonds is 1. The number of hydrogen-bond donors (Lipinski definition) is 2. The summed E-state index contributed by atoms with van der Waals surface area (Å²) in [4.78, 5) is 13.8. The number of nitrogens with zero attached hydrogens (tertiary/aromatic N) is 3. The molecule has 0 amide bonds. The summed E-state index contributed by atoms with van der Waals surface area (Å²) >= 11 is 0. The van der Waals surface area contributed by atoms with Crippen LogP contribution in [0.4, 0.5) is 0 Å². The average molecular weight is 227 g/mol. The summed E-state index contributed by atoms with van der Waals surface area (Å²) in [7, 11) is 0. The fourth-order valence-corrected chi connectivity index (χ4v) is 1.73. The number of H-pyrrole nitrogens is 2. The van der Waals surface area contributed by atoms with Gasteiger partial charge in [0.2, 0.25) is 0 Å². The van der Waals surface area contributed by atoms with Gasteiger partial charge < -0.3 is 4.98 Å². The van der Waals surface area contributed by atoms with Crippen molar-refractivity contribution < 1.29 is 0 Å². The summed E-state index contributed by atoms with van der Waals surface area (Å²) < 4.78 is 0. The van der Waals surface area contributed by atoms with Gasteiger partial charge in [0, 0.05) is 16.6 Å². The van der Waals surface area contributed by atoms with Gasteiger partial charge in [0.1, 0.15) is 6.20 Å². The molecule has 0 saturated heterocycles.